The van der Waals surface area contributed by atoms with Crippen molar-refractivity contribution in [1.29, 1.82) is 0 Å². The maximum absolute atomic E-state index is 13.6. The average molecular weight is 722 g/mol. The summed E-state index contributed by atoms with van der Waals surface area (Å²) in [6, 6.07) is 5.76. The van der Waals surface area contributed by atoms with Crippen molar-refractivity contribution in [2.24, 2.45) is 5.73 Å². The average Bonchev–Trinajstić information content (AvgIpc) is 3.81. The third-order valence-electron chi connectivity index (χ3n) is 10.1. The van der Waals surface area contributed by atoms with E-state index >= 15 is 0 Å². The molecule has 15 nitrogen and oxygen atoms in total. The number of carbonyl (C=O) groups is 4. The Morgan fingerprint density at radius 1 is 0.865 bits per heavy atom. The fourth-order valence-electron chi connectivity index (χ4n) is 7.49. The van der Waals surface area contributed by atoms with Crippen LogP contribution >= 0.6 is 0 Å². The molecule has 1 unspecified atom stereocenters. The van der Waals surface area contributed by atoms with Crippen LogP contribution in [0.5, 0.6) is 23.0 Å². The summed E-state index contributed by atoms with van der Waals surface area (Å²) in [5.41, 5.74) is 6.99. The maximum Gasteiger partial charge on any atom is 0.416 e. The van der Waals surface area contributed by atoms with Crippen molar-refractivity contribution in [1.82, 2.24) is 9.80 Å². The zero-order valence-corrected chi connectivity index (χ0v) is 29.7. The van der Waals surface area contributed by atoms with Crippen molar-refractivity contribution in [2.45, 2.75) is 63.3 Å². The molecule has 0 aromatic heterocycles. The smallest absolute Gasteiger partial charge is 0.416 e. The quantitative estimate of drug-likeness (QED) is 0.230. The lowest BCUT2D eigenvalue weighted by Gasteiger charge is -2.31. The van der Waals surface area contributed by atoms with Crippen molar-refractivity contribution in [2.75, 3.05) is 70.0 Å². The largest absolute Gasteiger partial charge is 0.493 e. The Bertz CT molecular complexity index is 1700. The summed E-state index contributed by atoms with van der Waals surface area (Å²) in [5, 5.41) is 11.3. The number of anilines is 2. The van der Waals surface area contributed by atoms with Crippen LogP contribution in [-0.2, 0) is 9.53 Å². The van der Waals surface area contributed by atoms with Crippen molar-refractivity contribution in [3.63, 3.8) is 0 Å². The van der Waals surface area contributed by atoms with E-state index in [1.54, 1.807) is 21.9 Å². The van der Waals surface area contributed by atoms with E-state index in [1.807, 2.05) is 4.90 Å². The van der Waals surface area contributed by atoms with Gasteiger partial charge in [-0.2, -0.15) is 0 Å². The number of hydrogen-bond donors (Lipinski definition) is 2. The summed E-state index contributed by atoms with van der Waals surface area (Å²) in [7, 11) is 2.98. The molecule has 2 aromatic rings. The van der Waals surface area contributed by atoms with Crippen LogP contribution in [0.4, 0.5) is 16.2 Å². The van der Waals surface area contributed by atoms with Gasteiger partial charge in [0.25, 0.3) is 11.8 Å². The van der Waals surface area contributed by atoms with Gasteiger partial charge < -0.3 is 49.2 Å². The molecule has 3 N–H and O–H groups in total. The minimum atomic E-state index is -1.31. The third kappa shape index (κ3) is 7.06. The lowest BCUT2D eigenvalue weighted by Crippen LogP contribution is -2.50. The zero-order chi connectivity index (χ0) is 36.9. The highest BCUT2D eigenvalue weighted by Gasteiger charge is 2.45. The fourth-order valence-corrected chi connectivity index (χ4v) is 7.49. The lowest BCUT2D eigenvalue weighted by atomic mass is 10.1. The van der Waals surface area contributed by atoms with E-state index in [9.17, 15) is 24.3 Å². The molecule has 2 aromatic carbocycles. The molecule has 0 spiro atoms. The second-order valence-electron chi connectivity index (χ2n) is 13.2. The van der Waals surface area contributed by atoms with Crippen LogP contribution in [0.2, 0.25) is 0 Å². The summed E-state index contributed by atoms with van der Waals surface area (Å²) < 4.78 is 28.7. The van der Waals surface area contributed by atoms with Crippen molar-refractivity contribution < 1.29 is 48.0 Å². The van der Waals surface area contributed by atoms with Gasteiger partial charge in [0, 0.05) is 31.8 Å². The van der Waals surface area contributed by atoms with E-state index in [2.05, 4.69) is 6.58 Å². The Labute approximate surface area is 302 Å². The summed E-state index contributed by atoms with van der Waals surface area (Å²) in [6.07, 6.45) is 4.29. The van der Waals surface area contributed by atoms with Crippen LogP contribution in [0.25, 0.3) is 0 Å². The molecule has 0 aliphatic carbocycles. The molecular weight excluding hydrogens is 674 g/mol. The van der Waals surface area contributed by atoms with E-state index in [-0.39, 0.29) is 48.2 Å². The first-order chi connectivity index (χ1) is 25.2. The highest BCUT2D eigenvalue weighted by atomic mass is 16.6. The summed E-state index contributed by atoms with van der Waals surface area (Å²) in [5.74, 6) is 0.732. The van der Waals surface area contributed by atoms with Crippen molar-refractivity contribution in [3.05, 3.63) is 48.0 Å². The van der Waals surface area contributed by atoms with Gasteiger partial charge in [-0.1, -0.05) is 12.7 Å². The molecule has 3 atom stereocenters. The van der Waals surface area contributed by atoms with E-state index in [0.29, 0.717) is 92.8 Å². The predicted molar refractivity (Wildman–Crippen MR) is 190 cm³/mol. The van der Waals surface area contributed by atoms with Gasteiger partial charge in [0.15, 0.2) is 29.2 Å². The minimum absolute atomic E-state index is 0.0621. The first-order valence-corrected chi connectivity index (χ1v) is 17.8. The normalized spacial score (nSPS) is 20.7. The maximum atomic E-state index is 13.6. The Morgan fingerprint density at radius 3 is 2.10 bits per heavy atom. The van der Waals surface area contributed by atoms with Crippen LogP contribution in [-0.4, -0.2) is 117 Å². The number of ether oxygens (including phenoxy) is 5. The standard InChI is InChI=1S/C37H47N5O10/c1-4-14-52-37(47)42-28-20-32(30(49-3)18-25(28)35(45)40-13-9-11-26(40)36(42)46)51-16-7-5-6-15-50-31-19-27-24(17-29(31)48-2)34(44)39-12-8-10-23(39)22-41(27)33(43)21-38/h4,17-20,23,26,36,46H,1,5-16,21-22,38H2,2-3H3/t23-,26-,36?/m0/s1. The van der Waals surface area contributed by atoms with Gasteiger partial charge in [0.2, 0.25) is 5.91 Å². The summed E-state index contributed by atoms with van der Waals surface area (Å²) in [6.45, 7) is 5.46. The van der Waals surface area contributed by atoms with Crippen molar-refractivity contribution >= 4 is 35.2 Å². The molecule has 0 saturated carbocycles. The number of fused-ring (bicyclic) bond motifs is 4. The van der Waals surface area contributed by atoms with Gasteiger partial charge in [0.1, 0.15) is 6.61 Å². The molecule has 4 heterocycles. The number of amides is 4. The van der Waals surface area contributed by atoms with Gasteiger partial charge in [-0.05, 0) is 57.1 Å². The molecule has 2 saturated heterocycles. The number of unbranched alkanes of at least 4 members (excludes halogenated alkanes) is 2. The van der Waals surface area contributed by atoms with Crippen LogP contribution in [0, 0.1) is 0 Å². The predicted octanol–water partition coefficient (Wildman–Crippen LogP) is 3.31. The Hall–Kier alpha value is -5.02. The highest BCUT2D eigenvalue weighted by Crippen LogP contribution is 2.42. The number of methoxy groups -OCH3 is 2. The van der Waals surface area contributed by atoms with E-state index < -0.39 is 18.4 Å². The van der Waals surface area contributed by atoms with Gasteiger partial charge >= 0.3 is 6.09 Å². The van der Waals surface area contributed by atoms with E-state index in [0.717, 1.165) is 24.2 Å². The number of aliphatic hydroxyl groups is 1. The van der Waals surface area contributed by atoms with Crippen molar-refractivity contribution in [3.8, 4) is 23.0 Å². The highest BCUT2D eigenvalue weighted by molar-refractivity contribution is 6.08. The number of carbonyl (C=O) groups excluding carboxylic acids is 4. The molecule has 2 fully saturated rings. The molecular formula is C37H47N5O10. The molecule has 0 radical (unpaired) electrons. The van der Waals surface area contributed by atoms with Crippen LogP contribution < -0.4 is 34.5 Å². The number of rotatable bonds is 13. The number of aliphatic hydroxyl groups excluding tert-OH is 1. The second-order valence-corrected chi connectivity index (χ2v) is 13.2. The van der Waals surface area contributed by atoms with Crippen LogP contribution in [0.15, 0.2) is 36.9 Å². The first-order valence-electron chi connectivity index (χ1n) is 17.8. The molecule has 4 aliphatic heterocycles. The summed E-state index contributed by atoms with van der Waals surface area (Å²) >= 11 is 0. The van der Waals surface area contributed by atoms with Crippen LogP contribution in [0.3, 0.4) is 0 Å². The SMILES string of the molecule is C=CCOC(=O)N1c2cc(OCCCCCOc3cc4c(cc3OC)C(=O)N3CCC[C@H]3CN4C(=O)CN)c(OC)cc2C(=O)N2CCC[C@H]2C1O. The molecule has 15 heteroatoms. The van der Waals surface area contributed by atoms with Gasteiger partial charge in [-0.3, -0.25) is 14.4 Å². The lowest BCUT2D eigenvalue weighted by molar-refractivity contribution is -0.117. The monoisotopic (exact) mass is 721 g/mol. The number of nitrogens with zero attached hydrogens (tertiary/aromatic N) is 4. The molecule has 52 heavy (non-hydrogen) atoms. The molecule has 6 rings (SSSR count). The molecule has 0 bridgehead atoms. The Kier molecular flexibility index (Phi) is 11.4. The fraction of sp³-hybridized carbons (Fsp3) is 0.514. The third-order valence-corrected chi connectivity index (χ3v) is 10.1. The molecule has 4 aliphatic rings. The topological polar surface area (TPSA) is 174 Å². The summed E-state index contributed by atoms with van der Waals surface area (Å²) in [4.78, 5) is 59.3. The van der Waals surface area contributed by atoms with Gasteiger partial charge in [0.05, 0.1) is 68.6 Å². The number of benzene rings is 2. The number of hydrogen-bond acceptors (Lipinski definition) is 11. The zero-order valence-electron chi connectivity index (χ0n) is 29.7. The Balaban J connectivity index is 1.10. The van der Waals surface area contributed by atoms with Gasteiger partial charge in [-0.15, -0.1) is 0 Å². The van der Waals surface area contributed by atoms with E-state index in [1.165, 1.54) is 32.4 Å². The molecule has 4 amide bonds. The van der Waals surface area contributed by atoms with E-state index in [4.69, 9.17) is 29.4 Å². The molecule has 280 valence electrons. The minimum Gasteiger partial charge on any atom is -0.493 e. The number of nitrogens with two attached hydrogens (primary N) is 1. The Morgan fingerprint density at radius 2 is 1.46 bits per heavy atom. The second kappa shape index (κ2) is 16.1. The van der Waals surface area contributed by atoms with Gasteiger partial charge in [-0.25, -0.2) is 9.69 Å². The first kappa shape index (κ1) is 36.8. The van der Waals surface area contributed by atoms with Crippen LogP contribution in [0.1, 0.15) is 65.7 Å².